The van der Waals surface area contributed by atoms with Gasteiger partial charge in [-0.1, -0.05) is 30.0 Å². The molecule has 4 N–H and O–H groups in total. The van der Waals surface area contributed by atoms with Gasteiger partial charge < -0.3 is 15.1 Å². The average Bonchev–Trinajstić information content (AvgIpc) is 3.15. The van der Waals surface area contributed by atoms with Gasteiger partial charge in [0.1, 0.15) is 11.3 Å². The molecule has 3 aromatic heterocycles. The summed E-state index contributed by atoms with van der Waals surface area (Å²) in [5.74, 6) is 0.825. The fourth-order valence-electron chi connectivity index (χ4n) is 4.64. The van der Waals surface area contributed by atoms with E-state index in [0.29, 0.717) is 16.8 Å². The van der Waals surface area contributed by atoms with Crippen LogP contribution < -0.4 is 11.1 Å². The van der Waals surface area contributed by atoms with Crippen molar-refractivity contribution in [3.8, 4) is 11.4 Å². The highest BCUT2D eigenvalue weighted by molar-refractivity contribution is 8.00. The number of fused-ring (bicyclic) bond motifs is 2. The number of H-pyrrole nitrogens is 1. The second kappa shape index (κ2) is 8.05. The Labute approximate surface area is 199 Å². The fraction of sp³-hybridized carbons (Fsp3) is 0.333. The summed E-state index contributed by atoms with van der Waals surface area (Å²) < 4.78 is 7.92. The van der Waals surface area contributed by atoms with Gasteiger partial charge >= 0.3 is 0 Å². The number of aromatic amines is 1. The molecule has 1 fully saturated rings. The van der Waals surface area contributed by atoms with Crippen LogP contribution in [0, 0.1) is 0 Å². The summed E-state index contributed by atoms with van der Waals surface area (Å²) in [6.07, 6.45) is 6.47. The standard InChI is InChI=1S/C24H24N6O3S/c1-12(22(32)27-23-19(20(25)31)15-6-4-8-18(15)33-23)34-24-29-28-21(30(24)13-9-10-13)16-11-26-17-7-3-2-5-14(16)17/h2-3,5,7,11-13,26H,4,6,8-10H2,1H3,(H2,25,31)(H,27,32). The smallest absolute Gasteiger partial charge is 0.254 e. The van der Waals surface area contributed by atoms with Gasteiger partial charge in [-0.25, -0.2) is 0 Å². The molecule has 0 bridgehead atoms. The molecule has 0 saturated heterocycles. The van der Waals surface area contributed by atoms with Crippen LogP contribution in [0.1, 0.15) is 53.9 Å². The maximum atomic E-state index is 13.0. The van der Waals surface area contributed by atoms with Crippen molar-refractivity contribution in [2.75, 3.05) is 5.32 Å². The molecule has 1 saturated carbocycles. The lowest BCUT2D eigenvalue weighted by molar-refractivity contribution is -0.115. The lowest BCUT2D eigenvalue weighted by atomic mass is 10.1. The molecule has 6 rings (SSSR count). The largest absolute Gasteiger partial charge is 0.444 e. The molecule has 2 amide bonds. The zero-order chi connectivity index (χ0) is 23.4. The summed E-state index contributed by atoms with van der Waals surface area (Å²) in [6.45, 7) is 1.80. The molecule has 10 heteroatoms. The molecule has 0 radical (unpaired) electrons. The minimum absolute atomic E-state index is 0.151. The van der Waals surface area contributed by atoms with Gasteiger partial charge in [-0.05, 0) is 38.7 Å². The van der Waals surface area contributed by atoms with E-state index in [2.05, 4.69) is 31.1 Å². The van der Waals surface area contributed by atoms with Crippen LogP contribution in [-0.2, 0) is 17.6 Å². The normalized spacial score (nSPS) is 16.0. The van der Waals surface area contributed by atoms with Crippen molar-refractivity contribution in [2.24, 2.45) is 5.73 Å². The molecule has 2 aliphatic rings. The number of benzene rings is 1. The quantitative estimate of drug-likeness (QED) is 0.345. The van der Waals surface area contributed by atoms with Crippen molar-refractivity contribution in [3.05, 3.63) is 47.3 Å². The van der Waals surface area contributed by atoms with E-state index in [-0.39, 0.29) is 11.8 Å². The van der Waals surface area contributed by atoms with E-state index in [9.17, 15) is 9.59 Å². The second-order valence-corrected chi connectivity index (χ2v) is 10.1. The van der Waals surface area contributed by atoms with Crippen LogP contribution in [0.15, 0.2) is 40.0 Å². The number of nitrogens with zero attached hydrogens (tertiary/aromatic N) is 3. The SMILES string of the molecule is CC(Sc1nnc(-c2c[nH]c3ccccc23)n1C1CC1)C(=O)Nc1oc2c(c1C(N)=O)CCC2. The Bertz CT molecular complexity index is 1430. The molecule has 1 aromatic carbocycles. The molecule has 34 heavy (non-hydrogen) atoms. The van der Waals surface area contributed by atoms with E-state index < -0.39 is 11.2 Å². The number of aromatic nitrogens is 4. The van der Waals surface area contributed by atoms with E-state index in [1.807, 2.05) is 24.4 Å². The Morgan fingerprint density at radius 1 is 1.26 bits per heavy atom. The van der Waals surface area contributed by atoms with Gasteiger partial charge in [0.15, 0.2) is 11.0 Å². The highest BCUT2D eigenvalue weighted by atomic mass is 32.2. The highest BCUT2D eigenvalue weighted by Crippen LogP contribution is 2.43. The summed E-state index contributed by atoms with van der Waals surface area (Å²) in [5, 5.41) is 13.0. The summed E-state index contributed by atoms with van der Waals surface area (Å²) in [7, 11) is 0. The van der Waals surface area contributed by atoms with Crippen LogP contribution >= 0.6 is 11.8 Å². The number of carbonyl (C=O) groups is 2. The number of para-hydroxylation sites is 1. The molecule has 1 unspecified atom stereocenters. The summed E-state index contributed by atoms with van der Waals surface area (Å²) in [4.78, 5) is 28.3. The van der Waals surface area contributed by atoms with Gasteiger partial charge in [0.05, 0.1) is 5.25 Å². The Kier molecular flexibility index (Phi) is 4.98. The molecule has 1 atom stereocenters. The van der Waals surface area contributed by atoms with Crippen molar-refractivity contribution in [3.63, 3.8) is 0 Å². The number of rotatable bonds is 7. The molecule has 4 aromatic rings. The number of aryl methyl sites for hydroxylation is 1. The van der Waals surface area contributed by atoms with Gasteiger partial charge in [-0.3, -0.25) is 19.5 Å². The van der Waals surface area contributed by atoms with Gasteiger partial charge in [0.25, 0.3) is 5.91 Å². The number of carbonyl (C=O) groups excluding carboxylic acids is 2. The Hall–Kier alpha value is -3.53. The maximum Gasteiger partial charge on any atom is 0.254 e. The first-order valence-corrected chi connectivity index (χ1v) is 12.3. The fourth-order valence-corrected chi connectivity index (χ4v) is 5.56. The van der Waals surface area contributed by atoms with Crippen molar-refractivity contribution < 1.29 is 14.0 Å². The van der Waals surface area contributed by atoms with Crippen molar-refractivity contribution >= 4 is 40.4 Å². The van der Waals surface area contributed by atoms with Crippen LogP contribution in [0.2, 0.25) is 0 Å². The number of furan rings is 1. The molecule has 0 spiro atoms. The van der Waals surface area contributed by atoms with Gasteiger partial charge in [-0.15, -0.1) is 10.2 Å². The number of hydrogen-bond donors (Lipinski definition) is 3. The van der Waals surface area contributed by atoms with Crippen molar-refractivity contribution in [1.82, 2.24) is 19.7 Å². The zero-order valence-electron chi connectivity index (χ0n) is 18.6. The first kappa shape index (κ1) is 21.0. The number of amides is 2. The van der Waals surface area contributed by atoms with E-state index in [4.69, 9.17) is 10.2 Å². The third-order valence-corrected chi connectivity index (χ3v) is 7.52. The molecular weight excluding hydrogens is 452 g/mol. The highest BCUT2D eigenvalue weighted by Gasteiger charge is 2.33. The maximum absolute atomic E-state index is 13.0. The first-order chi connectivity index (χ1) is 16.5. The second-order valence-electron chi connectivity index (χ2n) is 8.83. The Morgan fingerprint density at radius 3 is 2.88 bits per heavy atom. The predicted molar refractivity (Wildman–Crippen MR) is 129 cm³/mol. The molecule has 174 valence electrons. The van der Waals surface area contributed by atoms with Gasteiger partial charge in [0, 0.05) is 40.7 Å². The summed E-state index contributed by atoms with van der Waals surface area (Å²) in [5.41, 5.74) is 8.73. The van der Waals surface area contributed by atoms with E-state index in [0.717, 1.165) is 65.7 Å². The predicted octanol–water partition coefficient (Wildman–Crippen LogP) is 4.06. The summed E-state index contributed by atoms with van der Waals surface area (Å²) >= 11 is 1.34. The van der Waals surface area contributed by atoms with Crippen LogP contribution in [-0.4, -0.2) is 36.8 Å². The third-order valence-electron chi connectivity index (χ3n) is 6.46. The topological polar surface area (TPSA) is 132 Å². The Balaban J connectivity index is 1.26. The average molecular weight is 477 g/mol. The van der Waals surface area contributed by atoms with Gasteiger partial charge in [0.2, 0.25) is 11.8 Å². The number of primary amides is 1. The minimum atomic E-state index is -0.584. The molecule has 9 nitrogen and oxygen atoms in total. The van der Waals surface area contributed by atoms with Gasteiger partial charge in [-0.2, -0.15) is 0 Å². The monoisotopic (exact) mass is 476 g/mol. The number of anilines is 1. The van der Waals surface area contributed by atoms with E-state index in [1.54, 1.807) is 6.92 Å². The molecule has 2 aliphatic carbocycles. The number of nitrogens with one attached hydrogen (secondary N) is 2. The van der Waals surface area contributed by atoms with Crippen molar-refractivity contribution in [2.45, 2.75) is 55.5 Å². The first-order valence-electron chi connectivity index (χ1n) is 11.4. The van der Waals surface area contributed by atoms with E-state index in [1.165, 1.54) is 11.8 Å². The number of hydrogen-bond acceptors (Lipinski definition) is 6. The van der Waals surface area contributed by atoms with Crippen LogP contribution in [0.25, 0.3) is 22.3 Å². The van der Waals surface area contributed by atoms with E-state index >= 15 is 0 Å². The van der Waals surface area contributed by atoms with Crippen molar-refractivity contribution in [1.29, 1.82) is 0 Å². The lowest BCUT2D eigenvalue weighted by Crippen LogP contribution is -2.24. The minimum Gasteiger partial charge on any atom is -0.444 e. The van der Waals surface area contributed by atoms with Crippen LogP contribution in [0.3, 0.4) is 0 Å². The number of nitrogens with two attached hydrogens (primary N) is 1. The molecule has 0 aliphatic heterocycles. The Morgan fingerprint density at radius 2 is 2.09 bits per heavy atom. The number of thioether (sulfide) groups is 1. The zero-order valence-corrected chi connectivity index (χ0v) is 19.4. The summed E-state index contributed by atoms with van der Waals surface area (Å²) in [6, 6.07) is 8.42. The molecular formula is C24H24N6O3S. The molecule has 3 heterocycles. The lowest BCUT2D eigenvalue weighted by Gasteiger charge is -2.13. The van der Waals surface area contributed by atoms with Crippen LogP contribution in [0.5, 0.6) is 0 Å². The van der Waals surface area contributed by atoms with Crippen LogP contribution in [0.4, 0.5) is 5.88 Å². The third kappa shape index (κ3) is 3.49.